The van der Waals surface area contributed by atoms with Gasteiger partial charge >= 0.3 is 0 Å². The van der Waals surface area contributed by atoms with Crippen molar-refractivity contribution in [1.82, 2.24) is 15.0 Å². The van der Waals surface area contributed by atoms with Gasteiger partial charge in [-0.05, 0) is 24.3 Å². The fourth-order valence-corrected chi connectivity index (χ4v) is 2.75. The molecule has 120 valence electrons. The van der Waals surface area contributed by atoms with Gasteiger partial charge in [-0.3, -0.25) is 0 Å². The van der Waals surface area contributed by atoms with Gasteiger partial charge in [-0.15, -0.1) is 11.3 Å². The van der Waals surface area contributed by atoms with E-state index >= 15 is 0 Å². The highest BCUT2D eigenvalue weighted by Gasteiger charge is 2.05. The zero-order valence-corrected chi connectivity index (χ0v) is 13.5. The SMILES string of the molecule is COC[C@H](N)CNc1nccc(Nc2ccc3scnc3c2)n1. The molecule has 23 heavy (non-hydrogen) atoms. The predicted octanol–water partition coefficient (Wildman–Crippen LogP) is 2.22. The average Bonchev–Trinajstić information content (AvgIpc) is 3.01. The number of hydrogen-bond donors (Lipinski definition) is 3. The van der Waals surface area contributed by atoms with Crippen LogP contribution in [0.5, 0.6) is 0 Å². The zero-order valence-electron chi connectivity index (χ0n) is 12.7. The van der Waals surface area contributed by atoms with Gasteiger partial charge in [0.15, 0.2) is 0 Å². The van der Waals surface area contributed by atoms with E-state index in [1.807, 2.05) is 29.8 Å². The summed E-state index contributed by atoms with van der Waals surface area (Å²) in [5.41, 5.74) is 9.61. The van der Waals surface area contributed by atoms with Crippen LogP contribution < -0.4 is 16.4 Å². The summed E-state index contributed by atoms with van der Waals surface area (Å²) < 4.78 is 6.16. The number of nitrogens with one attached hydrogen (secondary N) is 2. The molecule has 1 aromatic carbocycles. The number of benzene rings is 1. The minimum atomic E-state index is -0.104. The first-order chi connectivity index (χ1) is 11.2. The summed E-state index contributed by atoms with van der Waals surface area (Å²) >= 11 is 1.62. The average molecular weight is 330 g/mol. The molecule has 7 nitrogen and oxygen atoms in total. The van der Waals surface area contributed by atoms with E-state index in [0.717, 1.165) is 15.9 Å². The molecule has 0 spiro atoms. The fourth-order valence-electron chi connectivity index (χ4n) is 2.09. The van der Waals surface area contributed by atoms with Crippen LogP contribution in [0, 0.1) is 0 Å². The molecule has 1 atom stereocenters. The standard InChI is InChI=1S/C15H18N6OS/c1-22-8-10(16)7-18-15-17-5-4-14(21-15)20-11-2-3-13-12(6-11)19-9-23-13/h2-6,9-10H,7-8,16H2,1H3,(H2,17,18,20,21)/t10-/m1/s1. The molecule has 0 saturated carbocycles. The Bertz CT molecular complexity index is 777. The number of hydrogen-bond acceptors (Lipinski definition) is 8. The van der Waals surface area contributed by atoms with E-state index in [0.29, 0.717) is 24.9 Å². The topological polar surface area (TPSA) is 98.0 Å². The third-order valence-electron chi connectivity index (χ3n) is 3.16. The Hall–Kier alpha value is -2.29. The lowest BCUT2D eigenvalue weighted by atomic mass is 10.3. The van der Waals surface area contributed by atoms with Crippen molar-refractivity contribution in [2.24, 2.45) is 5.73 Å². The van der Waals surface area contributed by atoms with Gasteiger partial charge in [-0.1, -0.05) is 0 Å². The monoisotopic (exact) mass is 330 g/mol. The van der Waals surface area contributed by atoms with Gasteiger partial charge in [0.25, 0.3) is 0 Å². The highest BCUT2D eigenvalue weighted by Crippen LogP contribution is 2.23. The number of anilines is 3. The summed E-state index contributed by atoms with van der Waals surface area (Å²) in [4.78, 5) is 12.9. The van der Waals surface area contributed by atoms with Crippen LogP contribution in [0.4, 0.5) is 17.5 Å². The Morgan fingerprint density at radius 1 is 1.30 bits per heavy atom. The summed E-state index contributed by atoms with van der Waals surface area (Å²) in [7, 11) is 1.63. The van der Waals surface area contributed by atoms with Gasteiger partial charge < -0.3 is 21.1 Å². The molecular weight excluding hydrogens is 312 g/mol. The van der Waals surface area contributed by atoms with Crippen LogP contribution in [0.15, 0.2) is 36.0 Å². The first-order valence-corrected chi connectivity index (χ1v) is 8.04. The largest absolute Gasteiger partial charge is 0.383 e. The van der Waals surface area contributed by atoms with Crippen LogP contribution in [-0.4, -0.2) is 41.3 Å². The lowest BCUT2D eigenvalue weighted by Crippen LogP contribution is -2.33. The van der Waals surface area contributed by atoms with Crippen molar-refractivity contribution >= 4 is 39.0 Å². The van der Waals surface area contributed by atoms with Gasteiger partial charge in [0.05, 0.1) is 22.3 Å². The molecule has 0 aliphatic carbocycles. The number of nitrogens with zero attached hydrogens (tertiary/aromatic N) is 3. The van der Waals surface area contributed by atoms with Crippen LogP contribution in [0.2, 0.25) is 0 Å². The maximum absolute atomic E-state index is 5.87. The highest BCUT2D eigenvalue weighted by atomic mass is 32.1. The van der Waals surface area contributed by atoms with Crippen molar-refractivity contribution in [2.75, 3.05) is 30.9 Å². The van der Waals surface area contributed by atoms with E-state index in [2.05, 4.69) is 25.6 Å². The molecule has 2 aromatic heterocycles. The fraction of sp³-hybridized carbons (Fsp3) is 0.267. The van der Waals surface area contributed by atoms with Crippen molar-refractivity contribution in [3.8, 4) is 0 Å². The maximum atomic E-state index is 5.87. The van der Waals surface area contributed by atoms with E-state index in [-0.39, 0.29) is 6.04 Å². The summed E-state index contributed by atoms with van der Waals surface area (Å²) in [6, 6.07) is 7.75. The molecule has 8 heteroatoms. The second kappa shape index (κ2) is 7.32. The van der Waals surface area contributed by atoms with Crippen molar-refractivity contribution < 1.29 is 4.74 Å². The van der Waals surface area contributed by atoms with Crippen molar-refractivity contribution in [2.45, 2.75) is 6.04 Å². The van der Waals surface area contributed by atoms with Gasteiger partial charge in [0, 0.05) is 31.6 Å². The second-order valence-corrected chi connectivity index (χ2v) is 5.91. The molecular formula is C15H18N6OS. The number of aromatic nitrogens is 3. The van der Waals surface area contributed by atoms with Crippen molar-refractivity contribution in [1.29, 1.82) is 0 Å². The molecule has 3 rings (SSSR count). The molecule has 0 fully saturated rings. The van der Waals surface area contributed by atoms with Crippen LogP contribution in [0.1, 0.15) is 0 Å². The smallest absolute Gasteiger partial charge is 0.224 e. The van der Waals surface area contributed by atoms with E-state index in [9.17, 15) is 0 Å². The Balaban J connectivity index is 1.67. The van der Waals surface area contributed by atoms with E-state index in [4.69, 9.17) is 10.5 Å². The minimum Gasteiger partial charge on any atom is -0.383 e. The first-order valence-electron chi connectivity index (χ1n) is 7.16. The van der Waals surface area contributed by atoms with Gasteiger partial charge in [0.1, 0.15) is 5.82 Å². The molecule has 0 unspecified atom stereocenters. The predicted molar refractivity (Wildman–Crippen MR) is 93.3 cm³/mol. The lowest BCUT2D eigenvalue weighted by molar-refractivity contribution is 0.183. The molecule has 0 radical (unpaired) electrons. The molecule has 3 aromatic rings. The minimum absolute atomic E-state index is 0.104. The lowest BCUT2D eigenvalue weighted by Gasteiger charge is -2.12. The Labute approximate surface area is 137 Å². The second-order valence-electron chi connectivity index (χ2n) is 5.02. The van der Waals surface area contributed by atoms with Crippen LogP contribution in [0.3, 0.4) is 0 Å². The van der Waals surface area contributed by atoms with E-state index in [1.54, 1.807) is 24.6 Å². The Morgan fingerprint density at radius 2 is 2.22 bits per heavy atom. The van der Waals surface area contributed by atoms with Crippen LogP contribution >= 0.6 is 11.3 Å². The molecule has 2 heterocycles. The third-order valence-corrected chi connectivity index (χ3v) is 3.97. The van der Waals surface area contributed by atoms with E-state index in [1.165, 1.54) is 0 Å². The first kappa shape index (κ1) is 15.6. The Morgan fingerprint density at radius 3 is 3.09 bits per heavy atom. The van der Waals surface area contributed by atoms with Crippen LogP contribution in [-0.2, 0) is 4.74 Å². The number of fused-ring (bicyclic) bond motifs is 1. The van der Waals surface area contributed by atoms with Gasteiger partial charge in [-0.25, -0.2) is 9.97 Å². The third kappa shape index (κ3) is 4.13. The molecule has 0 aliphatic rings. The molecule has 0 aliphatic heterocycles. The molecule has 4 N–H and O–H groups in total. The maximum Gasteiger partial charge on any atom is 0.224 e. The number of thiazole rings is 1. The van der Waals surface area contributed by atoms with E-state index < -0.39 is 0 Å². The number of methoxy groups -OCH3 is 1. The zero-order chi connectivity index (χ0) is 16.1. The Kier molecular flexibility index (Phi) is 4.96. The van der Waals surface area contributed by atoms with Gasteiger partial charge in [-0.2, -0.15) is 4.98 Å². The summed E-state index contributed by atoms with van der Waals surface area (Å²) in [6.07, 6.45) is 1.70. The van der Waals surface area contributed by atoms with Crippen LogP contribution in [0.25, 0.3) is 10.2 Å². The molecule has 0 saturated heterocycles. The normalized spacial score (nSPS) is 12.3. The number of ether oxygens (including phenoxy) is 1. The van der Waals surface area contributed by atoms with Gasteiger partial charge in [0.2, 0.25) is 5.95 Å². The summed E-state index contributed by atoms with van der Waals surface area (Å²) in [5, 5.41) is 6.36. The number of rotatable bonds is 7. The molecule has 0 amide bonds. The quantitative estimate of drug-likeness (QED) is 0.611. The molecule has 0 bridgehead atoms. The highest BCUT2D eigenvalue weighted by molar-refractivity contribution is 7.16. The summed E-state index contributed by atoms with van der Waals surface area (Å²) in [6.45, 7) is 1.03. The summed E-state index contributed by atoms with van der Waals surface area (Å²) in [5.74, 6) is 1.23. The number of nitrogens with two attached hydrogens (primary N) is 1. The van der Waals surface area contributed by atoms with Crippen molar-refractivity contribution in [3.05, 3.63) is 36.0 Å². The van der Waals surface area contributed by atoms with Crippen molar-refractivity contribution in [3.63, 3.8) is 0 Å².